The highest BCUT2D eigenvalue weighted by Crippen LogP contribution is 2.47. The first-order valence-corrected chi connectivity index (χ1v) is 13.8. The maximum absolute atomic E-state index is 13.5. The second kappa shape index (κ2) is 11.8. The number of ether oxygens (including phenoxy) is 1. The van der Waals surface area contributed by atoms with E-state index < -0.39 is 29.5 Å². The lowest BCUT2D eigenvalue weighted by atomic mass is 9.82. The number of fused-ring (bicyclic) bond motifs is 3. The minimum absolute atomic E-state index is 0.000838. The van der Waals surface area contributed by atoms with Crippen LogP contribution >= 0.6 is 24.2 Å². The summed E-state index contributed by atoms with van der Waals surface area (Å²) in [6.07, 6.45) is 3.27. The summed E-state index contributed by atoms with van der Waals surface area (Å²) >= 11 is 10.9. The van der Waals surface area contributed by atoms with Gasteiger partial charge in [-0.15, -0.1) is 0 Å². The van der Waals surface area contributed by atoms with E-state index in [1.807, 2.05) is 6.92 Å². The van der Waals surface area contributed by atoms with Crippen molar-refractivity contribution < 1.29 is 28.5 Å². The Hall–Kier alpha value is -2.36. The molecule has 4 atom stereocenters. The number of aromatic nitrogens is 2. The summed E-state index contributed by atoms with van der Waals surface area (Å²) < 4.78 is 32.4. The molecule has 10 heteroatoms. The Bertz CT molecular complexity index is 1300. The highest BCUT2D eigenvalue weighted by Gasteiger charge is 2.41. The van der Waals surface area contributed by atoms with Crippen molar-refractivity contribution in [2.24, 2.45) is 5.92 Å². The van der Waals surface area contributed by atoms with Crippen molar-refractivity contribution in [1.82, 2.24) is 9.55 Å². The molecular formula is C28H33ClF2N2O4S. The molecule has 2 unspecified atom stereocenters. The van der Waals surface area contributed by atoms with Gasteiger partial charge >= 0.3 is 12.6 Å². The predicted octanol–water partition coefficient (Wildman–Crippen LogP) is 7.22. The topological polar surface area (TPSA) is 84.6 Å². The van der Waals surface area contributed by atoms with Crippen molar-refractivity contribution in [2.45, 2.75) is 82.3 Å². The van der Waals surface area contributed by atoms with Gasteiger partial charge in [0, 0.05) is 17.0 Å². The summed E-state index contributed by atoms with van der Waals surface area (Å²) in [7, 11) is 0. The molecule has 0 spiro atoms. The van der Waals surface area contributed by atoms with Gasteiger partial charge in [-0.05, 0) is 48.6 Å². The van der Waals surface area contributed by atoms with Crippen molar-refractivity contribution in [2.75, 3.05) is 0 Å². The normalized spacial score (nSPS) is 19.5. The van der Waals surface area contributed by atoms with Crippen LogP contribution in [0.1, 0.15) is 81.5 Å². The number of imidazole rings is 1. The number of aliphatic carboxylic acids is 1. The summed E-state index contributed by atoms with van der Waals surface area (Å²) in [4.78, 5) is 17.1. The van der Waals surface area contributed by atoms with E-state index in [9.17, 15) is 23.8 Å². The molecule has 6 nitrogen and oxygen atoms in total. The Kier molecular flexibility index (Phi) is 8.89. The second-order valence-corrected chi connectivity index (χ2v) is 11.4. The molecule has 0 aliphatic carbocycles. The molecule has 38 heavy (non-hydrogen) atoms. The molecule has 0 saturated carbocycles. The van der Waals surface area contributed by atoms with Crippen LogP contribution in [0.2, 0.25) is 5.02 Å². The van der Waals surface area contributed by atoms with Gasteiger partial charge in [-0.2, -0.15) is 21.4 Å². The molecule has 1 aliphatic heterocycles. The lowest BCUT2D eigenvalue weighted by Gasteiger charge is -2.31. The van der Waals surface area contributed by atoms with E-state index in [0.29, 0.717) is 39.4 Å². The lowest BCUT2D eigenvalue weighted by molar-refractivity contribution is -0.140. The molecule has 1 aliphatic rings. The zero-order chi connectivity index (χ0) is 27.6. The van der Waals surface area contributed by atoms with Gasteiger partial charge in [0.25, 0.3) is 0 Å². The minimum atomic E-state index is -3.08. The van der Waals surface area contributed by atoms with E-state index in [4.69, 9.17) is 29.0 Å². The molecule has 1 aromatic heterocycles. The smallest absolute Gasteiger partial charge is 0.387 e. The van der Waals surface area contributed by atoms with Gasteiger partial charge in [-0.1, -0.05) is 63.3 Å². The number of hydrogen-bond acceptors (Lipinski definition) is 5. The van der Waals surface area contributed by atoms with E-state index in [1.165, 1.54) is 6.07 Å². The molecule has 2 aromatic carbocycles. The van der Waals surface area contributed by atoms with Crippen LogP contribution in [-0.2, 0) is 11.2 Å². The van der Waals surface area contributed by atoms with Crippen molar-refractivity contribution in [1.29, 1.82) is 0 Å². The molecule has 3 aromatic rings. The Labute approximate surface area is 231 Å². The predicted molar refractivity (Wildman–Crippen MR) is 147 cm³/mol. The summed E-state index contributed by atoms with van der Waals surface area (Å²) in [5.41, 5.74) is 2.18. The summed E-state index contributed by atoms with van der Waals surface area (Å²) in [6, 6.07) is 9.27. The first kappa shape index (κ1) is 28.6. The zero-order valence-corrected chi connectivity index (χ0v) is 23.1. The van der Waals surface area contributed by atoms with Gasteiger partial charge in [0.2, 0.25) is 0 Å². The number of halogens is 3. The number of carboxylic acid groups (broad SMARTS) is 1. The van der Waals surface area contributed by atoms with Crippen molar-refractivity contribution in [3.05, 3.63) is 58.4 Å². The number of rotatable bonds is 12. The Morgan fingerprint density at radius 1 is 1.32 bits per heavy atom. The lowest BCUT2D eigenvalue weighted by Crippen LogP contribution is -2.38. The van der Waals surface area contributed by atoms with E-state index in [1.54, 1.807) is 34.9 Å². The molecule has 2 N–H and O–H groups in total. The number of hydrogen-bond donors (Lipinski definition) is 3. The number of carboxylic acids is 1. The van der Waals surface area contributed by atoms with Crippen LogP contribution in [0.3, 0.4) is 0 Å². The standard InChI is InChI=1S/C28H33ClF2N2O4S/c1-3-5-7-16(4-2)14-28(38,26(35)36)15-17-8-6-9-23(37-27(30)31)24(17)21-13-22(34)25-32-19-11-10-18(29)12-20(19)33(21)25/h6,8-12,16,21-22,27,34,38H,3-5,7,13-15H2,1-2H3,(H,35,36)/t16?,21-,22+,28?/m1/s1. The third-order valence-electron chi connectivity index (χ3n) is 7.49. The maximum atomic E-state index is 13.5. The fourth-order valence-corrected chi connectivity index (χ4v) is 6.20. The zero-order valence-electron chi connectivity index (χ0n) is 21.4. The number of carbonyl (C=O) groups is 1. The first-order chi connectivity index (χ1) is 18.1. The number of thiol groups is 1. The number of nitrogens with zero attached hydrogens (tertiary/aromatic N) is 2. The number of unbranched alkanes of at least 4 members (excludes halogenated alkanes) is 1. The van der Waals surface area contributed by atoms with E-state index in [2.05, 4.69) is 11.9 Å². The van der Waals surface area contributed by atoms with Crippen LogP contribution in [0.15, 0.2) is 36.4 Å². The van der Waals surface area contributed by atoms with Crippen molar-refractivity contribution >= 4 is 41.2 Å². The molecular weight excluding hydrogens is 534 g/mol. The Balaban J connectivity index is 1.83. The number of alkyl halides is 2. The summed E-state index contributed by atoms with van der Waals surface area (Å²) in [6.45, 7) is 1.05. The van der Waals surface area contributed by atoms with E-state index >= 15 is 0 Å². The highest BCUT2D eigenvalue weighted by atomic mass is 35.5. The van der Waals surface area contributed by atoms with Crippen LogP contribution < -0.4 is 4.74 Å². The Morgan fingerprint density at radius 3 is 2.74 bits per heavy atom. The summed E-state index contributed by atoms with van der Waals surface area (Å²) in [5, 5.41) is 21.6. The monoisotopic (exact) mass is 566 g/mol. The van der Waals surface area contributed by atoms with Crippen molar-refractivity contribution in [3.8, 4) is 5.75 Å². The van der Waals surface area contributed by atoms with Crippen LogP contribution in [-0.4, -0.2) is 37.1 Å². The molecule has 0 fully saturated rings. The first-order valence-electron chi connectivity index (χ1n) is 13.0. The van der Waals surface area contributed by atoms with Crippen LogP contribution in [0.4, 0.5) is 8.78 Å². The third kappa shape index (κ3) is 5.80. The average Bonchev–Trinajstić information content (AvgIpc) is 3.38. The number of aliphatic hydroxyl groups is 1. The molecule has 0 bridgehead atoms. The van der Waals surface area contributed by atoms with E-state index in [0.717, 1.165) is 25.7 Å². The second-order valence-electron chi connectivity index (χ2n) is 10.1. The highest BCUT2D eigenvalue weighted by molar-refractivity contribution is 7.82. The largest absolute Gasteiger partial charge is 0.480 e. The van der Waals surface area contributed by atoms with Gasteiger partial charge in [-0.3, -0.25) is 4.79 Å². The van der Waals surface area contributed by atoms with Gasteiger partial charge in [0.05, 0.1) is 17.1 Å². The third-order valence-corrected chi connectivity index (χ3v) is 8.26. The number of aliphatic hydroxyl groups excluding tert-OH is 1. The SMILES string of the molecule is CCCCC(CC)CC(S)(Cc1cccc(OC(F)F)c1[C@H]1C[C@H](O)c2nc3ccc(Cl)cc3n21)C(=O)O. The van der Waals surface area contributed by atoms with Gasteiger partial charge in [-0.25, -0.2) is 4.98 Å². The van der Waals surface area contributed by atoms with Crippen LogP contribution in [0.5, 0.6) is 5.75 Å². The molecule has 0 amide bonds. The van der Waals surface area contributed by atoms with Crippen LogP contribution in [0, 0.1) is 5.92 Å². The molecule has 2 heterocycles. The molecule has 4 rings (SSSR count). The molecule has 0 saturated heterocycles. The average molecular weight is 567 g/mol. The van der Waals surface area contributed by atoms with Crippen molar-refractivity contribution in [3.63, 3.8) is 0 Å². The fraction of sp³-hybridized carbons (Fsp3) is 0.500. The fourth-order valence-electron chi connectivity index (χ4n) is 5.61. The van der Waals surface area contributed by atoms with E-state index in [-0.39, 0.29) is 24.5 Å². The number of benzene rings is 2. The summed E-state index contributed by atoms with van der Waals surface area (Å²) in [5.74, 6) is -0.572. The molecule has 206 valence electrons. The molecule has 0 radical (unpaired) electrons. The van der Waals surface area contributed by atoms with Gasteiger partial charge in [0.15, 0.2) is 0 Å². The Morgan fingerprint density at radius 2 is 2.08 bits per heavy atom. The minimum Gasteiger partial charge on any atom is -0.480 e. The van der Waals surface area contributed by atoms with Gasteiger partial charge < -0.3 is 19.5 Å². The maximum Gasteiger partial charge on any atom is 0.387 e. The van der Waals surface area contributed by atoms with Gasteiger partial charge in [0.1, 0.15) is 22.4 Å². The van der Waals surface area contributed by atoms with Crippen LogP contribution in [0.25, 0.3) is 11.0 Å². The quantitative estimate of drug-likeness (QED) is 0.202.